The molecule has 1 aromatic carbocycles. The Bertz CT molecular complexity index is 235. The Kier molecular flexibility index (Phi) is 5.72. The van der Waals surface area contributed by atoms with E-state index in [1.807, 2.05) is 11.8 Å². The number of rotatable bonds is 6. The van der Waals surface area contributed by atoms with Crippen molar-refractivity contribution in [1.29, 1.82) is 0 Å². The fraction of sp³-hybridized carbons (Fsp3) is 0.500. The Balaban J connectivity index is 2.25. The third-order valence-electron chi connectivity index (χ3n) is 2.28. The first-order valence-corrected chi connectivity index (χ1v) is 6.51. The van der Waals surface area contributed by atoms with Gasteiger partial charge in [0.05, 0.1) is 0 Å². The highest BCUT2D eigenvalue weighted by Crippen LogP contribution is 2.10. The Morgan fingerprint density at radius 1 is 1.29 bits per heavy atom. The van der Waals surface area contributed by atoms with Crippen molar-refractivity contribution in [2.24, 2.45) is 0 Å². The zero-order chi connectivity index (χ0) is 10.2. The van der Waals surface area contributed by atoms with Crippen LogP contribution < -0.4 is 5.32 Å². The first-order valence-electron chi connectivity index (χ1n) is 5.12. The van der Waals surface area contributed by atoms with Crippen LogP contribution in [0.15, 0.2) is 30.3 Å². The lowest BCUT2D eigenvalue weighted by molar-refractivity contribution is 0.572. The summed E-state index contributed by atoms with van der Waals surface area (Å²) in [7, 11) is 0. The molecule has 0 fully saturated rings. The van der Waals surface area contributed by atoms with E-state index in [0.29, 0.717) is 6.04 Å². The molecule has 0 spiro atoms. The highest BCUT2D eigenvalue weighted by Gasteiger charge is 2.01. The van der Waals surface area contributed by atoms with Gasteiger partial charge in [-0.3, -0.25) is 0 Å². The van der Waals surface area contributed by atoms with E-state index in [2.05, 4.69) is 48.8 Å². The van der Waals surface area contributed by atoms with E-state index in [9.17, 15) is 0 Å². The second-order valence-corrected chi connectivity index (χ2v) is 4.42. The van der Waals surface area contributed by atoms with Crippen LogP contribution >= 0.6 is 11.8 Å². The minimum Gasteiger partial charge on any atom is -0.310 e. The number of hydrogen-bond donors (Lipinski definition) is 1. The lowest BCUT2D eigenvalue weighted by Gasteiger charge is -2.13. The minimum atomic E-state index is 0.470. The molecule has 1 atom stereocenters. The van der Waals surface area contributed by atoms with E-state index in [4.69, 9.17) is 0 Å². The summed E-state index contributed by atoms with van der Waals surface area (Å²) in [5.74, 6) is 1.24. The summed E-state index contributed by atoms with van der Waals surface area (Å²) in [6, 6.07) is 11.1. The van der Waals surface area contributed by atoms with Crippen LogP contribution in [0.25, 0.3) is 0 Å². The van der Waals surface area contributed by atoms with Crippen LogP contribution in [0.1, 0.15) is 24.9 Å². The fourth-order valence-corrected chi connectivity index (χ4v) is 1.83. The molecule has 78 valence electrons. The molecule has 0 amide bonds. The Morgan fingerprint density at radius 3 is 2.64 bits per heavy atom. The molecule has 1 nitrogen and oxygen atoms in total. The molecule has 0 aliphatic rings. The van der Waals surface area contributed by atoms with Gasteiger partial charge in [-0.05, 0) is 37.5 Å². The van der Waals surface area contributed by atoms with E-state index in [-0.39, 0.29) is 0 Å². The van der Waals surface area contributed by atoms with Gasteiger partial charge in [-0.15, -0.1) is 0 Å². The van der Waals surface area contributed by atoms with Gasteiger partial charge in [0.2, 0.25) is 0 Å². The minimum absolute atomic E-state index is 0.470. The number of thioether (sulfide) groups is 1. The second kappa shape index (κ2) is 6.91. The van der Waals surface area contributed by atoms with E-state index in [1.54, 1.807) is 0 Å². The molecule has 0 heterocycles. The Hall–Kier alpha value is -0.470. The average Bonchev–Trinajstić information content (AvgIpc) is 2.25. The standard InChI is InChI=1S/C12H19NS/c1-11(13-9-6-10-14-2)12-7-4-3-5-8-12/h3-5,7-8,11,13H,6,9-10H2,1-2H3/t11-/m0/s1. The van der Waals surface area contributed by atoms with Crippen molar-refractivity contribution < 1.29 is 0 Å². The van der Waals surface area contributed by atoms with E-state index < -0.39 is 0 Å². The molecule has 1 N–H and O–H groups in total. The van der Waals surface area contributed by atoms with Crippen LogP contribution in [-0.4, -0.2) is 18.6 Å². The van der Waals surface area contributed by atoms with Crippen molar-refractivity contribution in [1.82, 2.24) is 5.32 Å². The first-order chi connectivity index (χ1) is 6.84. The van der Waals surface area contributed by atoms with Gasteiger partial charge in [0.15, 0.2) is 0 Å². The molecule has 1 aromatic rings. The van der Waals surface area contributed by atoms with E-state index in [1.165, 1.54) is 17.7 Å². The highest BCUT2D eigenvalue weighted by atomic mass is 32.2. The van der Waals surface area contributed by atoms with Crippen molar-refractivity contribution in [3.05, 3.63) is 35.9 Å². The topological polar surface area (TPSA) is 12.0 Å². The summed E-state index contributed by atoms with van der Waals surface area (Å²) < 4.78 is 0. The summed E-state index contributed by atoms with van der Waals surface area (Å²) in [6.45, 7) is 3.32. The maximum absolute atomic E-state index is 3.52. The predicted octanol–water partition coefficient (Wildman–Crippen LogP) is 3.09. The summed E-state index contributed by atoms with van der Waals surface area (Å²) in [5.41, 5.74) is 1.37. The summed E-state index contributed by atoms with van der Waals surface area (Å²) in [5, 5.41) is 3.52. The van der Waals surface area contributed by atoms with Crippen LogP contribution in [0.2, 0.25) is 0 Å². The largest absolute Gasteiger partial charge is 0.310 e. The van der Waals surface area contributed by atoms with Crippen molar-refractivity contribution >= 4 is 11.8 Å². The maximum atomic E-state index is 3.52. The van der Waals surface area contributed by atoms with Crippen molar-refractivity contribution in [2.45, 2.75) is 19.4 Å². The van der Waals surface area contributed by atoms with Gasteiger partial charge in [-0.25, -0.2) is 0 Å². The van der Waals surface area contributed by atoms with Crippen LogP contribution in [0.3, 0.4) is 0 Å². The number of benzene rings is 1. The highest BCUT2D eigenvalue weighted by molar-refractivity contribution is 7.98. The number of nitrogens with one attached hydrogen (secondary N) is 1. The fourth-order valence-electron chi connectivity index (χ4n) is 1.39. The van der Waals surface area contributed by atoms with Crippen LogP contribution in [0.4, 0.5) is 0 Å². The number of hydrogen-bond acceptors (Lipinski definition) is 2. The zero-order valence-electron chi connectivity index (χ0n) is 8.99. The molecule has 0 aromatic heterocycles. The molecule has 0 unspecified atom stereocenters. The van der Waals surface area contributed by atoms with Crippen LogP contribution in [0.5, 0.6) is 0 Å². The SMILES string of the molecule is CSCCCN[C@@H](C)c1ccccc1. The summed E-state index contributed by atoms with van der Waals surface area (Å²) in [4.78, 5) is 0. The summed E-state index contributed by atoms with van der Waals surface area (Å²) in [6.07, 6.45) is 3.40. The average molecular weight is 209 g/mol. The van der Waals surface area contributed by atoms with Crippen molar-refractivity contribution in [3.63, 3.8) is 0 Å². The van der Waals surface area contributed by atoms with Crippen LogP contribution in [0, 0.1) is 0 Å². The van der Waals surface area contributed by atoms with Gasteiger partial charge >= 0.3 is 0 Å². The third-order valence-corrected chi connectivity index (χ3v) is 2.97. The molecule has 0 saturated carbocycles. The molecular formula is C12H19NS. The van der Waals surface area contributed by atoms with Gasteiger partial charge in [0, 0.05) is 6.04 Å². The van der Waals surface area contributed by atoms with E-state index in [0.717, 1.165) is 6.54 Å². The van der Waals surface area contributed by atoms with Gasteiger partial charge in [0.1, 0.15) is 0 Å². The van der Waals surface area contributed by atoms with Crippen LogP contribution in [-0.2, 0) is 0 Å². The molecule has 0 aliphatic heterocycles. The second-order valence-electron chi connectivity index (χ2n) is 3.43. The normalized spacial score (nSPS) is 12.7. The van der Waals surface area contributed by atoms with Gasteiger partial charge < -0.3 is 5.32 Å². The maximum Gasteiger partial charge on any atom is 0.0291 e. The Labute approximate surface area is 91.3 Å². The third kappa shape index (κ3) is 4.16. The molecular weight excluding hydrogens is 190 g/mol. The van der Waals surface area contributed by atoms with Crippen molar-refractivity contribution in [2.75, 3.05) is 18.6 Å². The molecule has 2 heteroatoms. The molecule has 0 bridgehead atoms. The molecule has 0 saturated heterocycles. The smallest absolute Gasteiger partial charge is 0.0291 e. The molecule has 14 heavy (non-hydrogen) atoms. The predicted molar refractivity (Wildman–Crippen MR) is 65.9 cm³/mol. The zero-order valence-corrected chi connectivity index (χ0v) is 9.81. The monoisotopic (exact) mass is 209 g/mol. The molecule has 0 aliphatic carbocycles. The quantitative estimate of drug-likeness (QED) is 0.723. The van der Waals surface area contributed by atoms with Gasteiger partial charge in [-0.1, -0.05) is 30.3 Å². The van der Waals surface area contributed by atoms with E-state index >= 15 is 0 Å². The van der Waals surface area contributed by atoms with Crippen molar-refractivity contribution in [3.8, 4) is 0 Å². The molecule has 0 radical (unpaired) electrons. The lowest BCUT2D eigenvalue weighted by atomic mass is 10.1. The summed E-state index contributed by atoms with van der Waals surface area (Å²) >= 11 is 1.91. The van der Waals surface area contributed by atoms with Gasteiger partial charge in [0.25, 0.3) is 0 Å². The molecule has 1 rings (SSSR count). The Morgan fingerprint density at radius 2 is 2.00 bits per heavy atom. The first kappa shape index (κ1) is 11.6. The van der Waals surface area contributed by atoms with Gasteiger partial charge in [-0.2, -0.15) is 11.8 Å². The lowest BCUT2D eigenvalue weighted by Crippen LogP contribution is -2.20.